The summed E-state index contributed by atoms with van der Waals surface area (Å²) in [5.41, 5.74) is 5.95. The fourth-order valence-electron chi connectivity index (χ4n) is 4.55. The van der Waals surface area contributed by atoms with Crippen LogP contribution in [-0.4, -0.2) is 22.3 Å². The van der Waals surface area contributed by atoms with E-state index in [1.54, 1.807) is 0 Å². The molecule has 1 heterocycles. The normalized spacial score (nSPS) is 17.7. The van der Waals surface area contributed by atoms with Crippen LogP contribution in [0, 0.1) is 0 Å². The molecule has 1 saturated heterocycles. The van der Waals surface area contributed by atoms with Gasteiger partial charge < -0.3 is 9.84 Å². The number of carbonyl (C=O) groups is 1. The van der Waals surface area contributed by atoms with Crippen LogP contribution < -0.4 is 0 Å². The Labute approximate surface area is 174 Å². The average Bonchev–Trinajstić information content (AvgIpc) is 2.61. The van der Waals surface area contributed by atoms with E-state index in [-0.39, 0.29) is 17.6 Å². The van der Waals surface area contributed by atoms with Gasteiger partial charge in [-0.1, -0.05) is 60.2 Å². The van der Waals surface area contributed by atoms with Crippen molar-refractivity contribution in [2.75, 3.05) is 0 Å². The van der Waals surface area contributed by atoms with Crippen molar-refractivity contribution in [3.8, 4) is 0 Å². The number of carboxylic acids is 1. The van der Waals surface area contributed by atoms with E-state index < -0.39 is 5.97 Å². The van der Waals surface area contributed by atoms with Crippen LogP contribution in [-0.2, 0) is 16.0 Å². The monoisotopic (exact) mass is 392 g/mol. The van der Waals surface area contributed by atoms with Crippen molar-refractivity contribution < 1.29 is 14.6 Å². The minimum absolute atomic E-state index is 0.201. The molecule has 2 aromatic rings. The van der Waals surface area contributed by atoms with Gasteiger partial charge in [-0.3, -0.25) is 4.79 Å². The molecule has 29 heavy (non-hydrogen) atoms. The molecular weight excluding hydrogens is 360 g/mol. The van der Waals surface area contributed by atoms with Gasteiger partial charge in [0.25, 0.3) is 0 Å². The molecule has 3 heteroatoms. The Morgan fingerprint density at radius 1 is 0.897 bits per heavy atom. The van der Waals surface area contributed by atoms with E-state index in [4.69, 9.17) is 9.84 Å². The lowest BCUT2D eigenvalue weighted by Gasteiger charge is -2.43. The maximum Gasteiger partial charge on any atom is 0.303 e. The summed E-state index contributed by atoms with van der Waals surface area (Å²) in [4.78, 5) is 10.8. The SMILES string of the molecule is CC1(C)CC(=C(c2ccccc2)c2ccc(CCCC(=O)O)cc2)CC(C)(C)O1. The second-order valence-corrected chi connectivity index (χ2v) is 9.26. The van der Waals surface area contributed by atoms with E-state index in [1.165, 1.54) is 27.8 Å². The van der Waals surface area contributed by atoms with Gasteiger partial charge in [-0.2, -0.15) is 0 Å². The highest BCUT2D eigenvalue weighted by Gasteiger charge is 2.37. The number of hydrogen-bond acceptors (Lipinski definition) is 2. The summed E-state index contributed by atoms with van der Waals surface area (Å²) in [5.74, 6) is -0.734. The number of rotatable bonds is 6. The second kappa shape index (κ2) is 8.54. The molecule has 0 aliphatic carbocycles. The number of aliphatic carboxylic acids is 1. The van der Waals surface area contributed by atoms with Crippen LogP contribution in [0.3, 0.4) is 0 Å². The van der Waals surface area contributed by atoms with Crippen LogP contribution in [0.4, 0.5) is 0 Å². The van der Waals surface area contributed by atoms with Crippen molar-refractivity contribution in [1.82, 2.24) is 0 Å². The number of aryl methyl sites for hydroxylation is 1. The zero-order valence-electron chi connectivity index (χ0n) is 18.0. The first-order valence-electron chi connectivity index (χ1n) is 10.4. The van der Waals surface area contributed by atoms with Gasteiger partial charge in [-0.05, 0) is 75.6 Å². The maximum absolute atomic E-state index is 10.8. The molecule has 0 unspecified atom stereocenters. The summed E-state index contributed by atoms with van der Waals surface area (Å²) in [7, 11) is 0. The van der Waals surface area contributed by atoms with E-state index in [1.807, 2.05) is 0 Å². The first-order chi connectivity index (χ1) is 13.7. The van der Waals surface area contributed by atoms with Crippen LogP contribution in [0.15, 0.2) is 60.2 Å². The number of carboxylic acid groups (broad SMARTS) is 1. The van der Waals surface area contributed by atoms with Gasteiger partial charge >= 0.3 is 5.97 Å². The highest BCUT2D eigenvalue weighted by molar-refractivity contribution is 5.82. The van der Waals surface area contributed by atoms with Crippen molar-refractivity contribution in [2.24, 2.45) is 0 Å². The molecule has 1 fully saturated rings. The number of benzene rings is 2. The molecule has 2 aromatic carbocycles. The van der Waals surface area contributed by atoms with E-state index in [9.17, 15) is 4.79 Å². The van der Waals surface area contributed by atoms with E-state index in [2.05, 4.69) is 82.3 Å². The zero-order valence-corrected chi connectivity index (χ0v) is 18.0. The molecular formula is C26H32O3. The summed E-state index contributed by atoms with van der Waals surface area (Å²) < 4.78 is 6.31. The molecule has 0 radical (unpaired) electrons. The Morgan fingerprint density at radius 3 is 2.00 bits per heavy atom. The van der Waals surface area contributed by atoms with Crippen molar-refractivity contribution in [1.29, 1.82) is 0 Å². The van der Waals surface area contributed by atoms with Crippen LogP contribution in [0.1, 0.15) is 70.1 Å². The first kappa shape index (κ1) is 21.3. The van der Waals surface area contributed by atoms with Crippen LogP contribution in [0.25, 0.3) is 5.57 Å². The molecule has 1 N–H and O–H groups in total. The molecule has 1 aliphatic heterocycles. The van der Waals surface area contributed by atoms with Crippen molar-refractivity contribution in [2.45, 2.75) is 71.0 Å². The van der Waals surface area contributed by atoms with Crippen molar-refractivity contribution in [3.05, 3.63) is 76.9 Å². The molecule has 0 aromatic heterocycles. The fourth-order valence-corrected chi connectivity index (χ4v) is 4.55. The third-order valence-corrected chi connectivity index (χ3v) is 5.35. The molecule has 0 saturated carbocycles. The van der Waals surface area contributed by atoms with Crippen molar-refractivity contribution in [3.63, 3.8) is 0 Å². The zero-order chi connectivity index (χ0) is 21.1. The van der Waals surface area contributed by atoms with E-state index in [0.717, 1.165) is 19.3 Å². The molecule has 3 nitrogen and oxygen atoms in total. The largest absolute Gasteiger partial charge is 0.481 e. The predicted molar refractivity (Wildman–Crippen MR) is 118 cm³/mol. The minimum Gasteiger partial charge on any atom is -0.481 e. The Kier molecular flexibility index (Phi) is 6.28. The van der Waals surface area contributed by atoms with E-state index in [0.29, 0.717) is 6.42 Å². The summed E-state index contributed by atoms with van der Waals surface area (Å²) in [6.45, 7) is 8.67. The van der Waals surface area contributed by atoms with Gasteiger partial charge in [0.05, 0.1) is 11.2 Å². The maximum atomic E-state index is 10.8. The third-order valence-electron chi connectivity index (χ3n) is 5.35. The molecule has 1 aliphatic rings. The lowest BCUT2D eigenvalue weighted by Crippen LogP contribution is -2.42. The van der Waals surface area contributed by atoms with E-state index >= 15 is 0 Å². The van der Waals surface area contributed by atoms with Crippen LogP contribution >= 0.6 is 0 Å². The molecule has 3 rings (SSSR count). The first-order valence-corrected chi connectivity index (χ1v) is 10.4. The summed E-state index contributed by atoms with van der Waals surface area (Å²) >= 11 is 0. The number of hydrogen-bond donors (Lipinski definition) is 1. The van der Waals surface area contributed by atoms with Crippen LogP contribution in [0.2, 0.25) is 0 Å². The Hall–Kier alpha value is -2.39. The summed E-state index contributed by atoms with van der Waals surface area (Å²) in [5, 5.41) is 8.85. The van der Waals surface area contributed by atoms with Gasteiger partial charge in [0.2, 0.25) is 0 Å². The van der Waals surface area contributed by atoms with Gasteiger partial charge in [0, 0.05) is 6.42 Å². The topological polar surface area (TPSA) is 46.5 Å². The van der Waals surface area contributed by atoms with Crippen LogP contribution in [0.5, 0.6) is 0 Å². The second-order valence-electron chi connectivity index (χ2n) is 9.26. The van der Waals surface area contributed by atoms with Gasteiger partial charge in [-0.15, -0.1) is 0 Å². The lowest BCUT2D eigenvalue weighted by atomic mass is 9.79. The number of ether oxygens (including phenoxy) is 1. The summed E-state index contributed by atoms with van der Waals surface area (Å²) in [6.07, 6.45) is 3.48. The standard InChI is InChI=1S/C26H32O3/c1-25(2)17-22(18-26(3,4)29-25)24(20-10-6-5-7-11-20)21-15-13-19(14-16-21)9-8-12-23(27)28/h5-7,10-11,13-16H,8-9,12,17-18H2,1-4H3,(H,27,28). The van der Waals surface area contributed by atoms with Gasteiger partial charge in [0.1, 0.15) is 0 Å². The molecule has 0 atom stereocenters. The lowest BCUT2D eigenvalue weighted by molar-refractivity contribution is -0.139. The Morgan fingerprint density at radius 2 is 1.45 bits per heavy atom. The average molecular weight is 393 g/mol. The Balaban J connectivity index is 1.98. The Bertz CT molecular complexity index is 856. The molecule has 0 amide bonds. The highest BCUT2D eigenvalue weighted by atomic mass is 16.5. The smallest absolute Gasteiger partial charge is 0.303 e. The highest BCUT2D eigenvalue weighted by Crippen LogP contribution is 2.43. The molecule has 154 valence electrons. The fraction of sp³-hybridized carbons (Fsp3) is 0.423. The van der Waals surface area contributed by atoms with Gasteiger partial charge in [0.15, 0.2) is 0 Å². The quantitative estimate of drug-likeness (QED) is 0.631. The molecule has 0 bridgehead atoms. The minimum atomic E-state index is -0.734. The molecule has 0 spiro atoms. The van der Waals surface area contributed by atoms with Crippen molar-refractivity contribution >= 4 is 11.5 Å². The summed E-state index contributed by atoms with van der Waals surface area (Å²) in [6, 6.07) is 19.2. The third kappa shape index (κ3) is 5.80. The predicted octanol–water partition coefficient (Wildman–Crippen LogP) is 6.26. The van der Waals surface area contributed by atoms with Gasteiger partial charge in [-0.25, -0.2) is 0 Å².